The summed E-state index contributed by atoms with van der Waals surface area (Å²) in [5.74, 6) is 0.141. The quantitative estimate of drug-likeness (QED) is 0.706. The van der Waals surface area contributed by atoms with E-state index in [2.05, 4.69) is 15.4 Å². The van der Waals surface area contributed by atoms with Gasteiger partial charge in [0.25, 0.3) is 0 Å². The maximum Gasteiger partial charge on any atom is 0.387 e. The molecule has 7 heteroatoms. The monoisotopic (exact) mass is 314 g/mol. The zero-order chi connectivity index (χ0) is 15.9. The first-order chi connectivity index (χ1) is 10.6. The lowest BCUT2D eigenvalue weighted by molar-refractivity contribution is -0.0499. The molecular formula is C15H20F2N2O3. The number of alkyl halides is 2. The van der Waals surface area contributed by atoms with Crippen LogP contribution in [0.15, 0.2) is 18.2 Å². The van der Waals surface area contributed by atoms with Gasteiger partial charge in [-0.25, -0.2) is 4.79 Å². The fourth-order valence-electron chi connectivity index (χ4n) is 2.61. The van der Waals surface area contributed by atoms with Crippen LogP contribution in [0.2, 0.25) is 0 Å². The average Bonchev–Trinajstić information content (AvgIpc) is 2.47. The van der Waals surface area contributed by atoms with Crippen LogP contribution in [0, 0.1) is 0 Å². The van der Waals surface area contributed by atoms with Gasteiger partial charge in [-0.05, 0) is 48.9 Å². The Morgan fingerprint density at radius 3 is 3.00 bits per heavy atom. The first-order valence-corrected chi connectivity index (χ1v) is 7.33. The van der Waals surface area contributed by atoms with Gasteiger partial charge in [0.1, 0.15) is 5.75 Å². The highest BCUT2D eigenvalue weighted by molar-refractivity contribution is 5.74. The third-order valence-corrected chi connectivity index (χ3v) is 3.58. The molecule has 0 saturated carbocycles. The molecule has 122 valence electrons. The molecule has 1 atom stereocenters. The number of rotatable bonds is 6. The summed E-state index contributed by atoms with van der Waals surface area (Å²) in [6.45, 7) is -2.41. The molecule has 0 bridgehead atoms. The Bertz CT molecular complexity index is 512. The highest BCUT2D eigenvalue weighted by Crippen LogP contribution is 2.32. The second-order valence-electron chi connectivity index (χ2n) is 5.16. The van der Waals surface area contributed by atoms with Crippen molar-refractivity contribution in [1.29, 1.82) is 0 Å². The van der Waals surface area contributed by atoms with E-state index in [1.165, 1.54) is 6.07 Å². The minimum Gasteiger partial charge on any atom is -0.435 e. The highest BCUT2D eigenvalue weighted by Gasteiger charge is 2.22. The van der Waals surface area contributed by atoms with Gasteiger partial charge in [-0.2, -0.15) is 8.78 Å². The van der Waals surface area contributed by atoms with E-state index < -0.39 is 6.61 Å². The molecule has 1 unspecified atom stereocenters. The number of amides is 2. The minimum atomic E-state index is -2.84. The normalized spacial score (nSPS) is 17.0. The molecule has 1 aliphatic carbocycles. The van der Waals surface area contributed by atoms with E-state index in [4.69, 9.17) is 5.11 Å². The van der Waals surface area contributed by atoms with E-state index in [0.29, 0.717) is 13.0 Å². The lowest BCUT2D eigenvalue weighted by Gasteiger charge is -2.27. The van der Waals surface area contributed by atoms with Gasteiger partial charge in [0, 0.05) is 13.2 Å². The van der Waals surface area contributed by atoms with Crippen molar-refractivity contribution in [3.8, 4) is 5.75 Å². The predicted octanol–water partition coefficient (Wildman–Crippen LogP) is 2.35. The number of halogens is 2. The van der Waals surface area contributed by atoms with Gasteiger partial charge in [0.2, 0.25) is 0 Å². The molecule has 3 N–H and O–H groups in total. The van der Waals surface area contributed by atoms with E-state index in [1.54, 1.807) is 12.1 Å². The van der Waals surface area contributed by atoms with E-state index in [1.807, 2.05) is 0 Å². The number of fused-ring (bicyclic) bond motifs is 1. The number of benzene rings is 1. The summed E-state index contributed by atoms with van der Waals surface area (Å²) in [6.07, 6.45) is 2.95. The first-order valence-electron chi connectivity index (χ1n) is 7.33. The molecular weight excluding hydrogens is 294 g/mol. The lowest BCUT2D eigenvalue weighted by atomic mass is 9.87. The predicted molar refractivity (Wildman–Crippen MR) is 77.0 cm³/mol. The summed E-state index contributed by atoms with van der Waals surface area (Å²) in [5, 5.41) is 14.2. The first kappa shape index (κ1) is 16.5. The average molecular weight is 314 g/mol. The lowest BCUT2D eigenvalue weighted by Crippen LogP contribution is -2.39. The molecule has 1 aromatic carbocycles. The maximum atomic E-state index is 12.2. The largest absolute Gasteiger partial charge is 0.435 e. The molecule has 1 aliphatic rings. The molecule has 0 aliphatic heterocycles. The van der Waals surface area contributed by atoms with Crippen molar-refractivity contribution < 1.29 is 23.4 Å². The zero-order valence-corrected chi connectivity index (χ0v) is 12.1. The second-order valence-corrected chi connectivity index (χ2v) is 5.16. The van der Waals surface area contributed by atoms with Crippen LogP contribution in [-0.2, 0) is 6.42 Å². The van der Waals surface area contributed by atoms with Crippen LogP contribution in [-0.4, -0.2) is 30.9 Å². The SMILES string of the molecule is O=C(NCCCO)NC1CCCc2cc(OC(F)F)ccc21. The molecule has 5 nitrogen and oxygen atoms in total. The smallest absolute Gasteiger partial charge is 0.387 e. The number of aliphatic hydroxyl groups is 1. The topological polar surface area (TPSA) is 70.6 Å². The van der Waals surface area contributed by atoms with Gasteiger partial charge >= 0.3 is 12.6 Å². The van der Waals surface area contributed by atoms with Crippen molar-refractivity contribution >= 4 is 6.03 Å². The fourth-order valence-corrected chi connectivity index (χ4v) is 2.61. The van der Waals surface area contributed by atoms with Gasteiger partial charge in [-0.3, -0.25) is 0 Å². The Kier molecular flexibility index (Phi) is 5.94. The zero-order valence-electron chi connectivity index (χ0n) is 12.1. The van der Waals surface area contributed by atoms with Gasteiger partial charge in [0.05, 0.1) is 6.04 Å². The van der Waals surface area contributed by atoms with Crippen LogP contribution in [0.1, 0.15) is 36.4 Å². The summed E-state index contributed by atoms with van der Waals surface area (Å²) >= 11 is 0. The third-order valence-electron chi connectivity index (χ3n) is 3.58. The van der Waals surface area contributed by atoms with Crippen molar-refractivity contribution in [3.05, 3.63) is 29.3 Å². The molecule has 0 fully saturated rings. The molecule has 2 amide bonds. The van der Waals surface area contributed by atoms with Gasteiger partial charge in [0.15, 0.2) is 0 Å². The van der Waals surface area contributed by atoms with Crippen LogP contribution in [0.5, 0.6) is 5.75 Å². The number of ether oxygens (including phenoxy) is 1. The summed E-state index contributed by atoms with van der Waals surface area (Å²) in [6, 6.07) is 4.40. The number of urea groups is 1. The third kappa shape index (κ3) is 4.56. The van der Waals surface area contributed by atoms with Gasteiger partial charge < -0.3 is 20.5 Å². The van der Waals surface area contributed by atoms with E-state index in [0.717, 1.165) is 30.4 Å². The maximum absolute atomic E-state index is 12.2. The highest BCUT2D eigenvalue weighted by atomic mass is 19.3. The summed E-state index contributed by atoms with van der Waals surface area (Å²) in [7, 11) is 0. The van der Waals surface area contributed by atoms with Crippen molar-refractivity contribution in [3.63, 3.8) is 0 Å². The number of carbonyl (C=O) groups excluding carboxylic acids is 1. The Hall–Kier alpha value is -1.89. The number of hydrogen-bond acceptors (Lipinski definition) is 3. The number of aryl methyl sites for hydroxylation is 1. The summed E-state index contributed by atoms with van der Waals surface area (Å²) in [5.41, 5.74) is 1.86. The molecule has 22 heavy (non-hydrogen) atoms. The van der Waals surface area contributed by atoms with Crippen LogP contribution in [0.25, 0.3) is 0 Å². The van der Waals surface area contributed by atoms with Gasteiger partial charge in [-0.15, -0.1) is 0 Å². The molecule has 0 saturated heterocycles. The summed E-state index contributed by atoms with van der Waals surface area (Å²) in [4.78, 5) is 11.8. The Morgan fingerprint density at radius 1 is 1.45 bits per heavy atom. The van der Waals surface area contributed by atoms with Crippen molar-refractivity contribution in [1.82, 2.24) is 10.6 Å². The standard InChI is InChI=1S/C15H20F2N2O3/c16-14(17)22-11-5-6-12-10(9-11)3-1-4-13(12)19-15(21)18-7-2-8-20/h5-6,9,13-14,20H,1-4,7-8H2,(H2,18,19,21). The molecule has 0 radical (unpaired) electrons. The van der Waals surface area contributed by atoms with Crippen molar-refractivity contribution in [2.24, 2.45) is 0 Å². The molecule has 0 aromatic heterocycles. The second kappa shape index (κ2) is 7.93. The van der Waals surface area contributed by atoms with Gasteiger partial charge in [-0.1, -0.05) is 6.07 Å². The minimum absolute atomic E-state index is 0.0272. The van der Waals surface area contributed by atoms with Crippen molar-refractivity contribution in [2.45, 2.75) is 38.3 Å². The number of carbonyl (C=O) groups is 1. The number of nitrogens with one attached hydrogen (secondary N) is 2. The van der Waals surface area contributed by atoms with Crippen molar-refractivity contribution in [2.75, 3.05) is 13.2 Å². The van der Waals surface area contributed by atoms with Crippen LogP contribution < -0.4 is 15.4 Å². The number of hydrogen-bond donors (Lipinski definition) is 3. The van der Waals surface area contributed by atoms with E-state index in [-0.39, 0.29) is 24.4 Å². The Labute approximate surface area is 127 Å². The van der Waals surface area contributed by atoms with E-state index >= 15 is 0 Å². The Balaban J connectivity index is 2.00. The summed E-state index contributed by atoms with van der Waals surface area (Å²) < 4.78 is 28.9. The fraction of sp³-hybridized carbons (Fsp3) is 0.533. The Morgan fingerprint density at radius 2 is 2.27 bits per heavy atom. The van der Waals surface area contributed by atoms with Crippen LogP contribution in [0.3, 0.4) is 0 Å². The molecule has 0 heterocycles. The molecule has 0 spiro atoms. The molecule has 1 aromatic rings. The molecule has 2 rings (SSSR count). The van der Waals surface area contributed by atoms with Crippen LogP contribution >= 0.6 is 0 Å². The van der Waals surface area contributed by atoms with Crippen LogP contribution in [0.4, 0.5) is 13.6 Å². The number of aliphatic hydroxyl groups excluding tert-OH is 1. The van der Waals surface area contributed by atoms with E-state index in [9.17, 15) is 13.6 Å².